The normalized spacial score (nSPS) is 20.7. The van der Waals surface area contributed by atoms with E-state index < -0.39 is 5.97 Å². The summed E-state index contributed by atoms with van der Waals surface area (Å²) in [6, 6.07) is 3.40. The van der Waals surface area contributed by atoms with Crippen molar-refractivity contribution in [2.24, 2.45) is 5.92 Å². The lowest BCUT2D eigenvalue weighted by Crippen LogP contribution is -2.26. The SMILES string of the molecule is CC(Nc1ccc(Cl)c(C(=O)O)n1)C1CCOC1. The third kappa shape index (κ3) is 2.91. The van der Waals surface area contributed by atoms with Gasteiger partial charge in [-0.3, -0.25) is 0 Å². The Morgan fingerprint density at radius 3 is 3.06 bits per heavy atom. The van der Waals surface area contributed by atoms with Crippen LogP contribution < -0.4 is 5.32 Å². The van der Waals surface area contributed by atoms with Gasteiger partial charge in [0, 0.05) is 18.6 Å². The number of carboxylic acids is 1. The van der Waals surface area contributed by atoms with Crippen molar-refractivity contribution in [2.75, 3.05) is 18.5 Å². The van der Waals surface area contributed by atoms with Gasteiger partial charge in [-0.15, -0.1) is 0 Å². The van der Waals surface area contributed by atoms with Crippen molar-refractivity contribution < 1.29 is 14.6 Å². The molecule has 2 unspecified atom stereocenters. The molecule has 2 N–H and O–H groups in total. The first-order valence-electron chi connectivity index (χ1n) is 5.82. The molecule has 2 atom stereocenters. The number of carboxylic acid groups (broad SMARTS) is 1. The molecular weight excluding hydrogens is 256 g/mol. The molecule has 5 nitrogen and oxygen atoms in total. The van der Waals surface area contributed by atoms with Crippen LogP contribution in [0.15, 0.2) is 12.1 Å². The second kappa shape index (κ2) is 5.54. The second-order valence-corrected chi connectivity index (χ2v) is 4.80. The van der Waals surface area contributed by atoms with Crippen molar-refractivity contribution in [2.45, 2.75) is 19.4 Å². The maximum absolute atomic E-state index is 10.9. The molecule has 2 heterocycles. The van der Waals surface area contributed by atoms with Crippen LogP contribution >= 0.6 is 11.6 Å². The summed E-state index contributed by atoms with van der Waals surface area (Å²) in [5.41, 5.74) is -0.128. The number of rotatable bonds is 4. The molecule has 0 radical (unpaired) electrons. The van der Waals surface area contributed by atoms with E-state index in [0.717, 1.165) is 19.6 Å². The lowest BCUT2D eigenvalue weighted by Gasteiger charge is -2.20. The average molecular weight is 271 g/mol. The summed E-state index contributed by atoms with van der Waals surface area (Å²) in [5, 5.41) is 12.3. The van der Waals surface area contributed by atoms with Crippen LogP contribution in [0.4, 0.5) is 5.82 Å². The predicted molar refractivity (Wildman–Crippen MR) is 68.2 cm³/mol. The molecule has 1 fully saturated rings. The van der Waals surface area contributed by atoms with Crippen molar-refractivity contribution in [3.8, 4) is 0 Å². The van der Waals surface area contributed by atoms with Gasteiger partial charge in [-0.05, 0) is 25.5 Å². The van der Waals surface area contributed by atoms with Crippen LogP contribution in [0.5, 0.6) is 0 Å². The monoisotopic (exact) mass is 270 g/mol. The topological polar surface area (TPSA) is 71.5 Å². The average Bonchev–Trinajstić information content (AvgIpc) is 2.85. The molecule has 1 aromatic rings. The summed E-state index contributed by atoms with van der Waals surface area (Å²) in [7, 11) is 0. The van der Waals surface area contributed by atoms with Gasteiger partial charge in [-0.25, -0.2) is 9.78 Å². The van der Waals surface area contributed by atoms with E-state index in [-0.39, 0.29) is 16.8 Å². The number of aromatic carboxylic acids is 1. The molecule has 6 heteroatoms. The molecule has 18 heavy (non-hydrogen) atoms. The molecule has 1 aliphatic heterocycles. The molecule has 0 bridgehead atoms. The first-order valence-corrected chi connectivity index (χ1v) is 6.20. The van der Waals surface area contributed by atoms with Gasteiger partial charge in [0.05, 0.1) is 11.6 Å². The van der Waals surface area contributed by atoms with Gasteiger partial charge in [0.25, 0.3) is 0 Å². The van der Waals surface area contributed by atoms with E-state index in [1.165, 1.54) is 6.07 Å². The fourth-order valence-corrected chi connectivity index (χ4v) is 2.16. The summed E-state index contributed by atoms with van der Waals surface area (Å²) in [4.78, 5) is 14.9. The third-order valence-corrected chi connectivity index (χ3v) is 3.40. The fourth-order valence-electron chi connectivity index (χ4n) is 1.97. The Kier molecular flexibility index (Phi) is 4.04. The maximum atomic E-state index is 10.9. The first-order chi connectivity index (χ1) is 8.58. The fraction of sp³-hybridized carbons (Fsp3) is 0.500. The molecule has 0 amide bonds. The van der Waals surface area contributed by atoms with E-state index >= 15 is 0 Å². The number of hydrogen-bond acceptors (Lipinski definition) is 4. The van der Waals surface area contributed by atoms with Crippen LogP contribution in [-0.2, 0) is 4.74 Å². The Balaban J connectivity index is 2.09. The zero-order valence-electron chi connectivity index (χ0n) is 10.0. The molecule has 0 saturated carbocycles. The van der Waals surface area contributed by atoms with Crippen LogP contribution in [0, 0.1) is 5.92 Å². The Labute approximate surface area is 110 Å². The van der Waals surface area contributed by atoms with E-state index in [2.05, 4.69) is 10.3 Å². The van der Waals surface area contributed by atoms with Crippen molar-refractivity contribution in [1.82, 2.24) is 4.98 Å². The number of ether oxygens (including phenoxy) is 1. The molecule has 2 rings (SSSR count). The van der Waals surface area contributed by atoms with E-state index in [4.69, 9.17) is 21.4 Å². The van der Waals surface area contributed by atoms with Crippen LogP contribution in [0.2, 0.25) is 5.02 Å². The number of nitrogens with one attached hydrogen (secondary N) is 1. The molecular formula is C12H15ClN2O3. The van der Waals surface area contributed by atoms with Crippen molar-refractivity contribution in [3.63, 3.8) is 0 Å². The highest BCUT2D eigenvalue weighted by Crippen LogP contribution is 2.21. The highest BCUT2D eigenvalue weighted by molar-refractivity contribution is 6.33. The van der Waals surface area contributed by atoms with Crippen LogP contribution in [-0.4, -0.2) is 35.3 Å². The van der Waals surface area contributed by atoms with Gasteiger partial charge < -0.3 is 15.2 Å². The van der Waals surface area contributed by atoms with Crippen molar-refractivity contribution in [1.29, 1.82) is 0 Å². The Morgan fingerprint density at radius 2 is 2.44 bits per heavy atom. The lowest BCUT2D eigenvalue weighted by atomic mass is 10.0. The highest BCUT2D eigenvalue weighted by atomic mass is 35.5. The standard InChI is InChI=1S/C12H15ClN2O3/c1-7(8-4-5-18-6-8)14-10-3-2-9(13)11(15-10)12(16)17/h2-3,7-8H,4-6H2,1H3,(H,14,15)(H,16,17). The van der Waals surface area contributed by atoms with Gasteiger partial charge in [0.15, 0.2) is 5.69 Å². The van der Waals surface area contributed by atoms with Gasteiger partial charge in [-0.2, -0.15) is 0 Å². The zero-order valence-corrected chi connectivity index (χ0v) is 10.8. The minimum Gasteiger partial charge on any atom is -0.476 e. The Morgan fingerprint density at radius 1 is 1.67 bits per heavy atom. The predicted octanol–water partition coefficient (Wildman–Crippen LogP) is 2.27. The van der Waals surface area contributed by atoms with Gasteiger partial charge in [0.2, 0.25) is 0 Å². The molecule has 0 aliphatic carbocycles. The first kappa shape index (κ1) is 13.1. The summed E-state index contributed by atoms with van der Waals surface area (Å²) < 4.78 is 5.32. The summed E-state index contributed by atoms with van der Waals surface area (Å²) in [5.74, 6) is -0.174. The van der Waals surface area contributed by atoms with E-state index in [1.807, 2.05) is 6.92 Å². The molecule has 0 spiro atoms. The van der Waals surface area contributed by atoms with E-state index in [9.17, 15) is 4.79 Å². The second-order valence-electron chi connectivity index (χ2n) is 4.39. The number of aromatic nitrogens is 1. The summed E-state index contributed by atoms with van der Waals surface area (Å²) >= 11 is 5.76. The molecule has 1 aliphatic rings. The van der Waals surface area contributed by atoms with Gasteiger partial charge in [0.1, 0.15) is 5.82 Å². The number of hydrogen-bond donors (Lipinski definition) is 2. The minimum atomic E-state index is -1.12. The molecule has 1 saturated heterocycles. The van der Waals surface area contributed by atoms with Crippen LogP contribution in [0.25, 0.3) is 0 Å². The van der Waals surface area contributed by atoms with E-state index in [1.54, 1.807) is 6.07 Å². The van der Waals surface area contributed by atoms with Crippen LogP contribution in [0.1, 0.15) is 23.8 Å². The van der Waals surface area contributed by atoms with Gasteiger partial charge in [-0.1, -0.05) is 11.6 Å². The maximum Gasteiger partial charge on any atom is 0.356 e. The Bertz CT molecular complexity index is 447. The minimum absolute atomic E-state index is 0.128. The van der Waals surface area contributed by atoms with Gasteiger partial charge >= 0.3 is 5.97 Å². The highest BCUT2D eigenvalue weighted by Gasteiger charge is 2.22. The van der Waals surface area contributed by atoms with E-state index in [0.29, 0.717) is 11.7 Å². The smallest absolute Gasteiger partial charge is 0.356 e. The van der Waals surface area contributed by atoms with Crippen molar-refractivity contribution >= 4 is 23.4 Å². The zero-order chi connectivity index (χ0) is 13.1. The van der Waals surface area contributed by atoms with Crippen molar-refractivity contribution in [3.05, 3.63) is 22.8 Å². The quantitative estimate of drug-likeness (QED) is 0.878. The number of pyridine rings is 1. The lowest BCUT2D eigenvalue weighted by molar-refractivity contribution is 0.0691. The third-order valence-electron chi connectivity index (χ3n) is 3.10. The summed E-state index contributed by atoms with van der Waals surface area (Å²) in [6.07, 6.45) is 1.01. The number of carbonyl (C=O) groups is 1. The molecule has 98 valence electrons. The largest absolute Gasteiger partial charge is 0.476 e. The number of halogens is 1. The number of anilines is 1. The Hall–Kier alpha value is -1.33. The number of nitrogens with zero attached hydrogens (tertiary/aromatic N) is 1. The summed E-state index contributed by atoms with van der Waals surface area (Å²) in [6.45, 7) is 3.55. The molecule has 0 aromatic carbocycles. The van der Waals surface area contributed by atoms with Crippen LogP contribution in [0.3, 0.4) is 0 Å². The molecule has 1 aromatic heterocycles.